The molecule has 7 nitrogen and oxygen atoms in total. The number of nitrogens with one attached hydrogen (secondary N) is 1. The highest BCUT2D eigenvalue weighted by molar-refractivity contribution is 7.91. The summed E-state index contributed by atoms with van der Waals surface area (Å²) in [5.74, 6) is -0.451. The Labute approximate surface area is 141 Å². The summed E-state index contributed by atoms with van der Waals surface area (Å²) >= 11 is 0. The van der Waals surface area contributed by atoms with Crippen molar-refractivity contribution in [1.82, 2.24) is 4.90 Å². The second-order valence-electron chi connectivity index (χ2n) is 5.55. The molecule has 1 atom stereocenters. The van der Waals surface area contributed by atoms with Gasteiger partial charge >= 0.3 is 0 Å². The van der Waals surface area contributed by atoms with Gasteiger partial charge in [0.2, 0.25) is 0 Å². The van der Waals surface area contributed by atoms with Crippen LogP contribution < -0.4 is 5.32 Å². The lowest BCUT2D eigenvalue weighted by molar-refractivity contribution is -0.112. The van der Waals surface area contributed by atoms with Gasteiger partial charge in [-0.3, -0.25) is 4.79 Å². The van der Waals surface area contributed by atoms with Crippen LogP contribution in [0.3, 0.4) is 0 Å². The highest BCUT2D eigenvalue weighted by Gasteiger charge is 2.31. The van der Waals surface area contributed by atoms with Crippen molar-refractivity contribution in [3.05, 3.63) is 36.0 Å². The number of carbonyl (C=O) groups is 1. The van der Waals surface area contributed by atoms with Crippen LogP contribution in [-0.2, 0) is 14.6 Å². The molecule has 1 heterocycles. The molecule has 0 spiro atoms. The van der Waals surface area contributed by atoms with Gasteiger partial charge in [0.15, 0.2) is 9.84 Å². The molecule has 0 radical (unpaired) electrons. The first-order valence-corrected chi connectivity index (χ1v) is 9.35. The number of hydrogen-bond donors (Lipinski definition) is 2. The molecule has 0 saturated carbocycles. The highest BCUT2D eigenvalue weighted by atomic mass is 32.2. The summed E-state index contributed by atoms with van der Waals surface area (Å²) in [7, 11) is -3.05. The molecule has 1 aliphatic rings. The molecule has 8 heteroatoms. The summed E-state index contributed by atoms with van der Waals surface area (Å²) in [5, 5.41) is 21.2. The number of sulfone groups is 1. The predicted molar refractivity (Wildman–Crippen MR) is 89.9 cm³/mol. The Bertz CT molecular complexity index is 796. The molecule has 1 amide bonds. The standard InChI is InChI=1S/C16H19N3O4S/c1-2-19(14-6-7-24(22,23)11-14)10-12(9-17)16(21)18-13-4-3-5-15(20)8-13/h3-5,8,10,14,20H,2,6-7,11H2,1H3,(H,18,21)/b12-10-. The van der Waals surface area contributed by atoms with Gasteiger partial charge in [0.1, 0.15) is 17.4 Å². The van der Waals surface area contributed by atoms with Gasteiger partial charge in [0.05, 0.1) is 11.5 Å². The summed E-state index contributed by atoms with van der Waals surface area (Å²) in [4.78, 5) is 13.9. The first-order chi connectivity index (χ1) is 11.3. The van der Waals surface area contributed by atoms with Gasteiger partial charge in [-0.2, -0.15) is 5.26 Å². The largest absolute Gasteiger partial charge is 0.508 e. The van der Waals surface area contributed by atoms with Crippen LogP contribution in [0, 0.1) is 11.3 Å². The van der Waals surface area contributed by atoms with Crippen LogP contribution in [0.25, 0.3) is 0 Å². The molecule has 0 aromatic heterocycles. The minimum atomic E-state index is -3.05. The number of hydrogen-bond acceptors (Lipinski definition) is 6. The number of anilines is 1. The number of nitriles is 1. The van der Waals surface area contributed by atoms with Gasteiger partial charge in [-0.15, -0.1) is 0 Å². The Morgan fingerprint density at radius 2 is 2.29 bits per heavy atom. The van der Waals surface area contributed by atoms with E-state index in [-0.39, 0.29) is 28.9 Å². The van der Waals surface area contributed by atoms with Gasteiger partial charge < -0.3 is 15.3 Å². The lowest BCUT2D eigenvalue weighted by atomic mass is 10.2. The fourth-order valence-corrected chi connectivity index (χ4v) is 4.32. The normalized spacial score (nSPS) is 19.5. The Morgan fingerprint density at radius 1 is 1.54 bits per heavy atom. The molecule has 1 aromatic carbocycles. The first kappa shape index (κ1) is 17.8. The van der Waals surface area contributed by atoms with Crippen molar-refractivity contribution in [2.24, 2.45) is 0 Å². The summed E-state index contributed by atoms with van der Waals surface area (Å²) in [6, 6.07) is 7.62. The molecule has 2 N–H and O–H groups in total. The molecule has 24 heavy (non-hydrogen) atoms. The Kier molecular flexibility index (Phi) is 5.46. The van der Waals surface area contributed by atoms with Crippen LogP contribution in [0.2, 0.25) is 0 Å². The molecule has 1 aromatic rings. The van der Waals surface area contributed by atoms with E-state index < -0.39 is 15.7 Å². The van der Waals surface area contributed by atoms with E-state index in [1.54, 1.807) is 17.0 Å². The number of nitrogens with zero attached hydrogens (tertiary/aromatic N) is 2. The fourth-order valence-electron chi connectivity index (χ4n) is 2.58. The smallest absolute Gasteiger partial charge is 0.267 e. The molecule has 1 saturated heterocycles. The predicted octanol–water partition coefficient (Wildman–Crippen LogP) is 1.25. The lowest BCUT2D eigenvalue weighted by Gasteiger charge is -2.25. The molecule has 2 rings (SSSR count). The maximum atomic E-state index is 12.2. The zero-order chi connectivity index (χ0) is 17.7. The number of phenolic OH excluding ortho intramolecular Hbond substituents is 1. The first-order valence-electron chi connectivity index (χ1n) is 7.53. The van der Waals surface area contributed by atoms with Crippen molar-refractivity contribution in [2.75, 3.05) is 23.4 Å². The highest BCUT2D eigenvalue weighted by Crippen LogP contribution is 2.20. The lowest BCUT2D eigenvalue weighted by Crippen LogP contribution is -2.32. The van der Waals surface area contributed by atoms with Gasteiger partial charge in [-0.1, -0.05) is 6.07 Å². The summed E-state index contributed by atoms with van der Waals surface area (Å²) in [6.45, 7) is 2.33. The third-order valence-corrected chi connectivity index (χ3v) is 5.56. The van der Waals surface area contributed by atoms with Crippen LogP contribution in [0.1, 0.15) is 13.3 Å². The van der Waals surface area contributed by atoms with Crippen molar-refractivity contribution in [1.29, 1.82) is 5.26 Å². The third kappa shape index (κ3) is 4.49. The number of carbonyl (C=O) groups excluding carboxylic acids is 1. The molecule has 0 aliphatic carbocycles. The van der Waals surface area contributed by atoms with Gasteiger partial charge in [-0.25, -0.2) is 8.42 Å². The quantitative estimate of drug-likeness (QED) is 0.611. The SMILES string of the molecule is CCN(/C=C(/C#N)C(=O)Nc1cccc(O)c1)C1CCS(=O)(=O)C1. The van der Waals surface area contributed by atoms with Crippen molar-refractivity contribution >= 4 is 21.4 Å². The van der Waals surface area contributed by atoms with Crippen LogP contribution in [-0.4, -0.2) is 48.4 Å². The van der Waals surface area contributed by atoms with Crippen LogP contribution in [0.15, 0.2) is 36.0 Å². The number of amides is 1. The monoisotopic (exact) mass is 349 g/mol. The number of benzene rings is 1. The van der Waals surface area contributed by atoms with E-state index in [0.717, 1.165) is 0 Å². The second-order valence-corrected chi connectivity index (χ2v) is 7.78. The topological polar surface area (TPSA) is 110 Å². The molecular weight excluding hydrogens is 330 g/mol. The molecule has 1 aliphatic heterocycles. The zero-order valence-corrected chi connectivity index (χ0v) is 14.1. The average Bonchev–Trinajstić information content (AvgIpc) is 2.88. The Hall–Kier alpha value is -2.53. The van der Waals surface area contributed by atoms with Crippen LogP contribution in [0.5, 0.6) is 5.75 Å². The van der Waals surface area contributed by atoms with Crippen LogP contribution >= 0.6 is 0 Å². The van der Waals surface area contributed by atoms with Crippen molar-refractivity contribution in [3.8, 4) is 11.8 Å². The van der Waals surface area contributed by atoms with Gasteiger partial charge in [0, 0.05) is 30.5 Å². The van der Waals surface area contributed by atoms with E-state index in [0.29, 0.717) is 18.7 Å². The Balaban J connectivity index is 2.15. The zero-order valence-electron chi connectivity index (χ0n) is 13.3. The number of rotatable bonds is 5. The van der Waals surface area contributed by atoms with E-state index in [1.807, 2.05) is 13.0 Å². The van der Waals surface area contributed by atoms with Gasteiger partial charge in [-0.05, 0) is 25.5 Å². The molecule has 128 valence electrons. The Morgan fingerprint density at radius 3 is 2.83 bits per heavy atom. The van der Waals surface area contributed by atoms with Crippen molar-refractivity contribution in [2.45, 2.75) is 19.4 Å². The summed E-state index contributed by atoms with van der Waals surface area (Å²) < 4.78 is 23.2. The molecular formula is C16H19N3O4S. The summed E-state index contributed by atoms with van der Waals surface area (Å²) in [5.41, 5.74) is 0.247. The molecule has 1 unspecified atom stereocenters. The number of aromatic hydroxyl groups is 1. The van der Waals surface area contributed by atoms with E-state index >= 15 is 0 Å². The van der Waals surface area contributed by atoms with E-state index in [4.69, 9.17) is 0 Å². The average molecular weight is 349 g/mol. The second kappa shape index (κ2) is 7.36. The van der Waals surface area contributed by atoms with E-state index in [2.05, 4.69) is 5.32 Å². The fraction of sp³-hybridized carbons (Fsp3) is 0.375. The minimum absolute atomic E-state index is 0.00151. The molecule has 1 fully saturated rings. The maximum absolute atomic E-state index is 12.2. The maximum Gasteiger partial charge on any atom is 0.267 e. The van der Waals surface area contributed by atoms with E-state index in [1.165, 1.54) is 18.3 Å². The van der Waals surface area contributed by atoms with Crippen molar-refractivity contribution in [3.63, 3.8) is 0 Å². The van der Waals surface area contributed by atoms with Crippen molar-refractivity contribution < 1.29 is 18.3 Å². The van der Waals surface area contributed by atoms with E-state index in [9.17, 15) is 23.6 Å². The van der Waals surface area contributed by atoms with Gasteiger partial charge in [0.25, 0.3) is 5.91 Å². The number of phenols is 1. The third-order valence-electron chi connectivity index (χ3n) is 3.81. The minimum Gasteiger partial charge on any atom is -0.508 e. The summed E-state index contributed by atoms with van der Waals surface area (Å²) in [6.07, 6.45) is 1.89. The molecule has 0 bridgehead atoms. The van der Waals surface area contributed by atoms with Crippen LogP contribution in [0.4, 0.5) is 5.69 Å².